The third-order valence-electron chi connectivity index (χ3n) is 3.01. The summed E-state index contributed by atoms with van der Waals surface area (Å²) in [6.07, 6.45) is 2.02. The minimum Gasteiger partial charge on any atom is -0.375 e. The van der Waals surface area contributed by atoms with Gasteiger partial charge in [-0.05, 0) is 24.8 Å². The molecule has 5 nitrogen and oxygen atoms in total. The van der Waals surface area contributed by atoms with Gasteiger partial charge in [-0.3, -0.25) is 10.1 Å². The van der Waals surface area contributed by atoms with E-state index in [-0.39, 0.29) is 12.6 Å². The molecule has 0 spiro atoms. The summed E-state index contributed by atoms with van der Waals surface area (Å²) >= 11 is 0. The van der Waals surface area contributed by atoms with E-state index in [0.717, 1.165) is 25.0 Å². The summed E-state index contributed by atoms with van der Waals surface area (Å²) in [5, 5.41) is 13.3. The Morgan fingerprint density at radius 1 is 1.50 bits per heavy atom. The van der Waals surface area contributed by atoms with Crippen molar-refractivity contribution >= 4 is 11.4 Å². The van der Waals surface area contributed by atoms with Crippen LogP contribution in [0.1, 0.15) is 12.8 Å². The van der Waals surface area contributed by atoms with Gasteiger partial charge in [0.15, 0.2) is 17.3 Å². The highest BCUT2D eigenvalue weighted by molar-refractivity contribution is 5.62. The quantitative estimate of drug-likeness (QED) is 0.624. The van der Waals surface area contributed by atoms with Gasteiger partial charge in [0.2, 0.25) is 0 Å². The molecule has 1 aliphatic rings. The van der Waals surface area contributed by atoms with Crippen molar-refractivity contribution in [3.05, 3.63) is 33.9 Å². The molecule has 3 N–H and O–H groups in total. The molecule has 98 valence electrons. The molecule has 0 radical (unpaired) electrons. The van der Waals surface area contributed by atoms with E-state index in [1.807, 2.05) is 0 Å². The summed E-state index contributed by atoms with van der Waals surface area (Å²) in [5.41, 5.74) is 4.87. The summed E-state index contributed by atoms with van der Waals surface area (Å²) in [7, 11) is 0. The summed E-state index contributed by atoms with van der Waals surface area (Å²) in [5.74, 6) is -2.00. The highest BCUT2D eigenvalue weighted by Crippen LogP contribution is 2.33. The monoisotopic (exact) mass is 257 g/mol. The third-order valence-corrected chi connectivity index (χ3v) is 3.01. The van der Waals surface area contributed by atoms with E-state index >= 15 is 0 Å². The Labute approximate surface area is 102 Å². The first-order valence-corrected chi connectivity index (χ1v) is 5.62. The fourth-order valence-electron chi connectivity index (χ4n) is 1.77. The highest BCUT2D eigenvalue weighted by atomic mass is 19.2. The van der Waals surface area contributed by atoms with Crippen molar-refractivity contribution < 1.29 is 13.7 Å². The highest BCUT2D eigenvalue weighted by Gasteiger charge is 2.29. The van der Waals surface area contributed by atoms with Crippen LogP contribution in [0.2, 0.25) is 0 Å². The molecule has 0 amide bonds. The van der Waals surface area contributed by atoms with E-state index in [0.29, 0.717) is 5.92 Å². The Morgan fingerprint density at radius 3 is 2.72 bits per heavy atom. The van der Waals surface area contributed by atoms with Crippen LogP contribution in [0.4, 0.5) is 20.2 Å². The topological polar surface area (TPSA) is 81.2 Å². The van der Waals surface area contributed by atoms with Crippen LogP contribution >= 0.6 is 0 Å². The van der Waals surface area contributed by atoms with Gasteiger partial charge in [-0.25, -0.2) is 8.78 Å². The van der Waals surface area contributed by atoms with Gasteiger partial charge < -0.3 is 11.1 Å². The van der Waals surface area contributed by atoms with Crippen LogP contribution in [0.25, 0.3) is 0 Å². The molecule has 1 atom stereocenters. The molecule has 2 rings (SSSR count). The van der Waals surface area contributed by atoms with Crippen LogP contribution in [0, 0.1) is 27.7 Å². The molecule has 1 aliphatic carbocycles. The van der Waals surface area contributed by atoms with Gasteiger partial charge in [-0.15, -0.1) is 0 Å². The summed E-state index contributed by atoms with van der Waals surface area (Å²) in [4.78, 5) is 9.96. The number of nitro benzene ring substituents is 1. The van der Waals surface area contributed by atoms with Gasteiger partial charge in [-0.1, -0.05) is 0 Å². The van der Waals surface area contributed by atoms with Gasteiger partial charge in [0.25, 0.3) is 5.69 Å². The number of benzene rings is 1. The van der Waals surface area contributed by atoms with Crippen molar-refractivity contribution in [2.45, 2.75) is 18.9 Å². The Bertz CT molecular complexity index is 478. The molecule has 1 unspecified atom stereocenters. The molecule has 1 saturated carbocycles. The molecule has 1 aromatic carbocycles. The van der Waals surface area contributed by atoms with Gasteiger partial charge in [0, 0.05) is 18.7 Å². The lowest BCUT2D eigenvalue weighted by atomic mass is 10.2. The van der Waals surface area contributed by atoms with Gasteiger partial charge in [0.05, 0.1) is 4.92 Å². The molecule has 0 saturated heterocycles. The molecule has 7 heteroatoms. The lowest BCUT2D eigenvalue weighted by molar-refractivity contribution is -0.384. The van der Waals surface area contributed by atoms with Gasteiger partial charge in [0.1, 0.15) is 0 Å². The zero-order valence-corrected chi connectivity index (χ0v) is 9.53. The molecule has 0 heterocycles. The Balaban J connectivity index is 2.18. The number of rotatable bonds is 5. The lowest BCUT2D eigenvalue weighted by Crippen LogP contribution is -2.31. The van der Waals surface area contributed by atoms with Crippen LogP contribution in [-0.4, -0.2) is 17.5 Å². The Hall–Kier alpha value is -1.76. The predicted molar refractivity (Wildman–Crippen MR) is 62.2 cm³/mol. The SMILES string of the molecule is NC(CNc1c([N+](=O)[O-])ccc(F)c1F)C1CC1. The number of nitrogens with zero attached hydrogens (tertiary/aromatic N) is 1. The van der Waals surface area contributed by atoms with Crippen LogP contribution in [0.15, 0.2) is 12.1 Å². The third kappa shape index (κ3) is 2.56. The fraction of sp³-hybridized carbons (Fsp3) is 0.455. The van der Waals surface area contributed by atoms with Crippen molar-refractivity contribution in [1.82, 2.24) is 0 Å². The first-order valence-electron chi connectivity index (χ1n) is 5.62. The zero-order valence-electron chi connectivity index (χ0n) is 9.53. The molecule has 1 fully saturated rings. The van der Waals surface area contributed by atoms with Crippen LogP contribution < -0.4 is 11.1 Å². The number of anilines is 1. The molecule has 0 aromatic heterocycles. The van der Waals surface area contributed by atoms with E-state index < -0.39 is 27.9 Å². The second-order valence-corrected chi connectivity index (χ2v) is 4.39. The van der Waals surface area contributed by atoms with E-state index in [1.54, 1.807) is 0 Å². The Kier molecular flexibility index (Phi) is 3.42. The van der Waals surface area contributed by atoms with E-state index in [9.17, 15) is 18.9 Å². The van der Waals surface area contributed by atoms with E-state index in [2.05, 4.69) is 5.32 Å². The largest absolute Gasteiger partial charge is 0.375 e. The maximum absolute atomic E-state index is 13.5. The standard InChI is InChI=1S/C11H13F2N3O2/c12-7-3-4-9(16(17)18)11(10(7)13)15-5-8(14)6-1-2-6/h3-4,6,8,15H,1-2,5,14H2. The second kappa shape index (κ2) is 4.85. The smallest absolute Gasteiger partial charge is 0.295 e. The molecular weight excluding hydrogens is 244 g/mol. The molecule has 0 bridgehead atoms. The lowest BCUT2D eigenvalue weighted by Gasteiger charge is -2.13. The maximum atomic E-state index is 13.5. The number of hydrogen-bond donors (Lipinski definition) is 2. The molecular formula is C11H13F2N3O2. The second-order valence-electron chi connectivity index (χ2n) is 4.39. The van der Waals surface area contributed by atoms with E-state index in [1.165, 1.54) is 0 Å². The van der Waals surface area contributed by atoms with Crippen molar-refractivity contribution in [1.29, 1.82) is 0 Å². The number of nitrogens with one attached hydrogen (secondary N) is 1. The van der Waals surface area contributed by atoms with Crippen molar-refractivity contribution in [2.75, 3.05) is 11.9 Å². The Morgan fingerprint density at radius 2 is 2.17 bits per heavy atom. The average Bonchev–Trinajstić information content (AvgIpc) is 3.14. The number of nitro groups is 1. The van der Waals surface area contributed by atoms with E-state index in [4.69, 9.17) is 5.73 Å². The van der Waals surface area contributed by atoms with Gasteiger partial charge >= 0.3 is 0 Å². The normalized spacial score (nSPS) is 16.4. The molecule has 18 heavy (non-hydrogen) atoms. The summed E-state index contributed by atoms with van der Waals surface area (Å²) in [6, 6.07) is 1.47. The van der Waals surface area contributed by atoms with Crippen molar-refractivity contribution in [3.63, 3.8) is 0 Å². The summed E-state index contributed by atoms with van der Waals surface area (Å²) in [6.45, 7) is 0.186. The number of halogens is 2. The fourth-order valence-corrected chi connectivity index (χ4v) is 1.77. The molecule has 0 aliphatic heterocycles. The van der Waals surface area contributed by atoms with Crippen LogP contribution in [-0.2, 0) is 0 Å². The average molecular weight is 257 g/mol. The first kappa shape index (κ1) is 12.7. The number of nitrogens with two attached hydrogens (primary N) is 1. The van der Waals surface area contributed by atoms with Crippen LogP contribution in [0.3, 0.4) is 0 Å². The minimum absolute atomic E-state index is 0.186. The zero-order chi connectivity index (χ0) is 13.3. The minimum atomic E-state index is -1.24. The summed E-state index contributed by atoms with van der Waals surface area (Å²) < 4.78 is 26.6. The molecule has 1 aromatic rings. The predicted octanol–water partition coefficient (Wildman–Crippen LogP) is 2.02. The number of hydrogen-bond acceptors (Lipinski definition) is 4. The van der Waals surface area contributed by atoms with Crippen LogP contribution in [0.5, 0.6) is 0 Å². The van der Waals surface area contributed by atoms with Crippen molar-refractivity contribution in [2.24, 2.45) is 11.7 Å². The van der Waals surface area contributed by atoms with Gasteiger partial charge in [-0.2, -0.15) is 0 Å². The van der Waals surface area contributed by atoms with Crippen molar-refractivity contribution in [3.8, 4) is 0 Å². The maximum Gasteiger partial charge on any atom is 0.295 e. The first-order chi connectivity index (χ1) is 8.50.